The summed E-state index contributed by atoms with van der Waals surface area (Å²) in [5, 5.41) is 8.64. The Kier molecular flexibility index (Phi) is 6.42. The van der Waals surface area contributed by atoms with Gasteiger partial charge in [-0.15, -0.1) is 0 Å². The quantitative estimate of drug-likeness (QED) is 0.692. The van der Waals surface area contributed by atoms with E-state index in [1.807, 2.05) is 7.05 Å². The van der Waals surface area contributed by atoms with Crippen molar-refractivity contribution < 1.29 is 14.6 Å². The number of carbonyl (C=O) groups is 1. The van der Waals surface area contributed by atoms with Crippen molar-refractivity contribution in [2.45, 2.75) is 32.1 Å². The zero-order valence-corrected chi connectivity index (χ0v) is 10.2. The van der Waals surface area contributed by atoms with Crippen LogP contribution in [0.1, 0.15) is 32.1 Å². The Bertz CT molecular complexity index is 202. The first kappa shape index (κ1) is 13.5. The van der Waals surface area contributed by atoms with Crippen LogP contribution in [0.5, 0.6) is 0 Å². The zero-order valence-electron chi connectivity index (χ0n) is 10.2. The van der Waals surface area contributed by atoms with Crippen LogP contribution in [0.15, 0.2) is 0 Å². The number of hydrogen-bond donors (Lipinski definition) is 1. The lowest BCUT2D eigenvalue weighted by Gasteiger charge is -2.27. The van der Waals surface area contributed by atoms with E-state index < -0.39 is 0 Å². The number of aliphatic hydroxyl groups excluding tert-OH is 1. The predicted octanol–water partition coefficient (Wildman–Crippen LogP) is 1.03. The summed E-state index contributed by atoms with van der Waals surface area (Å²) < 4.78 is 5.39. The number of carbonyl (C=O) groups excluding carboxylic acids is 1. The van der Waals surface area contributed by atoms with E-state index >= 15 is 0 Å². The summed E-state index contributed by atoms with van der Waals surface area (Å²) in [6.07, 6.45) is 4.31. The molecule has 1 rings (SSSR count). The molecule has 1 aliphatic rings. The van der Waals surface area contributed by atoms with E-state index in [4.69, 9.17) is 9.84 Å². The fourth-order valence-electron chi connectivity index (χ4n) is 2.02. The third-order valence-corrected chi connectivity index (χ3v) is 3.01. The molecule has 0 aliphatic carbocycles. The summed E-state index contributed by atoms with van der Waals surface area (Å²) >= 11 is 0. The Balaban J connectivity index is 2.16. The molecule has 1 saturated heterocycles. The van der Waals surface area contributed by atoms with Gasteiger partial charge >= 0.3 is 0 Å². The van der Waals surface area contributed by atoms with E-state index in [2.05, 4.69) is 0 Å². The zero-order chi connectivity index (χ0) is 11.8. The first-order chi connectivity index (χ1) is 7.74. The van der Waals surface area contributed by atoms with Gasteiger partial charge < -0.3 is 14.7 Å². The molecular weight excluding hydrogens is 206 g/mol. The number of ether oxygens (including phenoxy) is 1. The molecule has 94 valence electrons. The van der Waals surface area contributed by atoms with Crippen LogP contribution in [0.4, 0.5) is 0 Å². The molecule has 0 spiro atoms. The summed E-state index contributed by atoms with van der Waals surface area (Å²) in [5.74, 6) is 0.680. The van der Waals surface area contributed by atoms with Crippen LogP contribution in [0.3, 0.4) is 0 Å². The normalized spacial score (nSPS) is 20.8. The van der Waals surface area contributed by atoms with Crippen molar-refractivity contribution in [3.05, 3.63) is 0 Å². The first-order valence-electron chi connectivity index (χ1n) is 6.16. The number of amides is 1. The van der Waals surface area contributed by atoms with Crippen molar-refractivity contribution in [3.63, 3.8) is 0 Å². The van der Waals surface area contributed by atoms with Crippen molar-refractivity contribution in [3.8, 4) is 0 Å². The monoisotopic (exact) mass is 229 g/mol. The van der Waals surface area contributed by atoms with E-state index in [0.29, 0.717) is 18.8 Å². The number of unbranched alkanes of at least 4 members (excludes halogenated alkanes) is 1. The molecule has 1 aliphatic heterocycles. The lowest BCUT2D eigenvalue weighted by atomic mass is 10.0. The van der Waals surface area contributed by atoms with Gasteiger partial charge in [0, 0.05) is 33.2 Å². The molecule has 0 aromatic carbocycles. The molecule has 1 unspecified atom stereocenters. The van der Waals surface area contributed by atoms with Gasteiger partial charge in [-0.25, -0.2) is 0 Å². The van der Waals surface area contributed by atoms with Gasteiger partial charge in [0.05, 0.1) is 6.61 Å². The third-order valence-electron chi connectivity index (χ3n) is 3.01. The smallest absolute Gasteiger partial charge is 0.222 e. The minimum Gasteiger partial charge on any atom is -0.396 e. The molecule has 0 radical (unpaired) electrons. The summed E-state index contributed by atoms with van der Waals surface area (Å²) in [4.78, 5) is 13.5. The predicted molar refractivity (Wildman–Crippen MR) is 62.1 cm³/mol. The van der Waals surface area contributed by atoms with Gasteiger partial charge in [0.2, 0.25) is 5.91 Å². The second-order valence-electron chi connectivity index (χ2n) is 4.54. The fourth-order valence-corrected chi connectivity index (χ4v) is 2.02. The van der Waals surface area contributed by atoms with Crippen LogP contribution in [0.25, 0.3) is 0 Å². The van der Waals surface area contributed by atoms with Gasteiger partial charge in [0.1, 0.15) is 0 Å². The highest BCUT2D eigenvalue weighted by molar-refractivity contribution is 5.75. The highest BCUT2D eigenvalue weighted by Gasteiger charge is 2.18. The maximum Gasteiger partial charge on any atom is 0.222 e. The van der Waals surface area contributed by atoms with Crippen molar-refractivity contribution in [1.82, 2.24) is 4.90 Å². The van der Waals surface area contributed by atoms with Crippen LogP contribution in [-0.4, -0.2) is 49.3 Å². The van der Waals surface area contributed by atoms with Gasteiger partial charge in [0.25, 0.3) is 0 Å². The number of aliphatic hydroxyl groups is 1. The second kappa shape index (κ2) is 7.63. The molecule has 0 bridgehead atoms. The second-order valence-corrected chi connectivity index (χ2v) is 4.54. The van der Waals surface area contributed by atoms with E-state index in [0.717, 1.165) is 39.0 Å². The van der Waals surface area contributed by atoms with Crippen LogP contribution < -0.4 is 0 Å². The Morgan fingerprint density at radius 1 is 1.50 bits per heavy atom. The third kappa shape index (κ3) is 4.94. The van der Waals surface area contributed by atoms with Crippen molar-refractivity contribution >= 4 is 5.91 Å². The largest absolute Gasteiger partial charge is 0.396 e. The molecule has 0 saturated carbocycles. The number of hydrogen-bond acceptors (Lipinski definition) is 3. The lowest BCUT2D eigenvalue weighted by Crippen LogP contribution is -2.34. The van der Waals surface area contributed by atoms with Crippen LogP contribution in [-0.2, 0) is 9.53 Å². The van der Waals surface area contributed by atoms with E-state index in [-0.39, 0.29) is 12.5 Å². The SMILES string of the molecule is CN(CC1CCCOC1)C(=O)CCCCO. The minimum atomic E-state index is 0.174. The van der Waals surface area contributed by atoms with Gasteiger partial charge in [-0.2, -0.15) is 0 Å². The number of nitrogens with zero attached hydrogens (tertiary/aromatic N) is 1. The van der Waals surface area contributed by atoms with Crippen LogP contribution in [0, 0.1) is 5.92 Å². The molecule has 4 nitrogen and oxygen atoms in total. The maximum atomic E-state index is 11.7. The molecule has 1 fully saturated rings. The highest BCUT2D eigenvalue weighted by atomic mass is 16.5. The minimum absolute atomic E-state index is 0.174. The molecule has 0 aromatic heterocycles. The lowest BCUT2D eigenvalue weighted by molar-refractivity contribution is -0.131. The molecule has 4 heteroatoms. The Hall–Kier alpha value is -0.610. The summed E-state index contributed by atoms with van der Waals surface area (Å²) in [7, 11) is 1.86. The van der Waals surface area contributed by atoms with E-state index in [9.17, 15) is 4.79 Å². The van der Waals surface area contributed by atoms with Gasteiger partial charge in [-0.3, -0.25) is 4.79 Å². The maximum absolute atomic E-state index is 11.7. The van der Waals surface area contributed by atoms with Gasteiger partial charge in [-0.05, 0) is 31.6 Å². The Morgan fingerprint density at radius 2 is 2.31 bits per heavy atom. The van der Waals surface area contributed by atoms with Crippen LogP contribution in [0.2, 0.25) is 0 Å². The van der Waals surface area contributed by atoms with E-state index in [1.165, 1.54) is 0 Å². The molecule has 1 N–H and O–H groups in total. The van der Waals surface area contributed by atoms with Crippen molar-refractivity contribution in [2.75, 3.05) is 33.4 Å². The summed E-state index contributed by atoms with van der Waals surface area (Å²) in [6, 6.07) is 0. The number of rotatable bonds is 6. The Labute approximate surface area is 97.6 Å². The average Bonchev–Trinajstić information content (AvgIpc) is 2.30. The first-order valence-corrected chi connectivity index (χ1v) is 6.16. The topological polar surface area (TPSA) is 49.8 Å². The van der Waals surface area contributed by atoms with Crippen molar-refractivity contribution in [2.24, 2.45) is 5.92 Å². The van der Waals surface area contributed by atoms with E-state index in [1.54, 1.807) is 4.90 Å². The van der Waals surface area contributed by atoms with Crippen molar-refractivity contribution in [1.29, 1.82) is 0 Å². The van der Waals surface area contributed by atoms with Crippen LogP contribution >= 0.6 is 0 Å². The molecule has 1 heterocycles. The standard InChI is InChI=1S/C12H23NO3/c1-13(12(15)6-2-3-7-14)9-11-5-4-8-16-10-11/h11,14H,2-10H2,1H3. The highest BCUT2D eigenvalue weighted by Crippen LogP contribution is 2.14. The molecular formula is C12H23NO3. The fraction of sp³-hybridized carbons (Fsp3) is 0.917. The molecule has 1 atom stereocenters. The average molecular weight is 229 g/mol. The Morgan fingerprint density at radius 3 is 2.94 bits per heavy atom. The molecule has 16 heavy (non-hydrogen) atoms. The molecule has 1 amide bonds. The van der Waals surface area contributed by atoms with Gasteiger partial charge in [-0.1, -0.05) is 0 Å². The summed E-state index contributed by atoms with van der Waals surface area (Å²) in [5.41, 5.74) is 0. The van der Waals surface area contributed by atoms with Gasteiger partial charge in [0.15, 0.2) is 0 Å². The molecule has 0 aromatic rings. The summed E-state index contributed by atoms with van der Waals surface area (Å²) in [6.45, 7) is 2.63.